The third-order valence-electron chi connectivity index (χ3n) is 3.33. The average molecular weight is 310 g/mol. The highest BCUT2D eigenvalue weighted by Gasteiger charge is 2.12. The average Bonchev–Trinajstić information content (AvgIpc) is 2.55. The van der Waals surface area contributed by atoms with Gasteiger partial charge in [0.05, 0.1) is 0 Å². The van der Waals surface area contributed by atoms with Crippen molar-refractivity contribution >= 4 is 17.5 Å². The fraction of sp³-hybridized carbons (Fsp3) is 0.111. The molecule has 0 fully saturated rings. The minimum atomic E-state index is -0.526. The molecule has 0 aliphatic heterocycles. The fourth-order valence-electron chi connectivity index (χ4n) is 2.09. The van der Waals surface area contributed by atoms with Crippen LogP contribution in [0.3, 0.4) is 0 Å². The number of carbonyl (C=O) groups is 2. The summed E-state index contributed by atoms with van der Waals surface area (Å²) >= 11 is 0. The second kappa shape index (κ2) is 7.26. The van der Waals surface area contributed by atoms with Crippen molar-refractivity contribution in [3.8, 4) is 5.75 Å². The summed E-state index contributed by atoms with van der Waals surface area (Å²) in [6.45, 7) is 5.72. The van der Waals surface area contributed by atoms with Crippen LogP contribution in [0.15, 0.2) is 55.1 Å². The lowest BCUT2D eigenvalue weighted by Crippen LogP contribution is -2.16. The monoisotopic (exact) mass is 310 g/mol. The van der Waals surface area contributed by atoms with Gasteiger partial charge < -0.3 is 15.8 Å². The molecular formula is C18H18N2O3. The van der Waals surface area contributed by atoms with Crippen LogP contribution in [-0.4, -0.2) is 18.4 Å². The van der Waals surface area contributed by atoms with Crippen LogP contribution >= 0.6 is 0 Å². The van der Waals surface area contributed by atoms with Crippen LogP contribution in [0.2, 0.25) is 0 Å². The zero-order chi connectivity index (χ0) is 16.8. The molecule has 0 aliphatic rings. The molecule has 23 heavy (non-hydrogen) atoms. The molecule has 0 saturated heterocycles. The van der Waals surface area contributed by atoms with Gasteiger partial charge in [0.2, 0.25) is 5.91 Å². The number of amides is 2. The quantitative estimate of drug-likeness (QED) is 0.805. The molecule has 0 bridgehead atoms. The Labute approximate surface area is 134 Å². The number of nitrogens with one attached hydrogen (secondary N) is 1. The van der Waals surface area contributed by atoms with Crippen molar-refractivity contribution in [2.24, 2.45) is 5.73 Å². The number of primary amides is 1. The van der Waals surface area contributed by atoms with Crippen LogP contribution in [0.4, 0.5) is 5.69 Å². The molecule has 3 N–H and O–H groups in total. The number of carbonyl (C=O) groups excluding carboxylic acids is 2. The molecule has 0 radical (unpaired) electrons. The number of benzene rings is 2. The van der Waals surface area contributed by atoms with Crippen molar-refractivity contribution < 1.29 is 14.3 Å². The zero-order valence-corrected chi connectivity index (χ0v) is 12.8. The van der Waals surface area contributed by atoms with E-state index in [2.05, 4.69) is 11.9 Å². The highest BCUT2D eigenvalue weighted by atomic mass is 16.5. The highest BCUT2D eigenvalue weighted by Crippen LogP contribution is 2.20. The standard InChI is InChI=1S/C18H18N2O3/c1-3-11-23-14-9-7-13(8-10-14)18(22)20-16-6-4-5-15(12(16)2)17(19)21/h3-10H,1,11H2,2H3,(H2,19,21)(H,20,22). The van der Waals surface area contributed by atoms with Crippen LogP contribution in [-0.2, 0) is 0 Å². The van der Waals surface area contributed by atoms with Crippen LogP contribution in [0.5, 0.6) is 5.75 Å². The first kappa shape index (κ1) is 16.3. The molecule has 2 aromatic rings. The summed E-state index contributed by atoms with van der Waals surface area (Å²) in [6, 6.07) is 11.8. The van der Waals surface area contributed by atoms with Gasteiger partial charge >= 0.3 is 0 Å². The van der Waals surface area contributed by atoms with E-state index in [1.54, 1.807) is 55.5 Å². The van der Waals surface area contributed by atoms with Gasteiger partial charge in [0.1, 0.15) is 12.4 Å². The summed E-state index contributed by atoms with van der Waals surface area (Å²) in [6.07, 6.45) is 1.65. The maximum absolute atomic E-state index is 12.3. The molecule has 0 aromatic heterocycles. The van der Waals surface area contributed by atoms with Gasteiger partial charge in [-0.1, -0.05) is 18.7 Å². The predicted molar refractivity (Wildman–Crippen MR) is 89.8 cm³/mol. The van der Waals surface area contributed by atoms with Gasteiger partial charge in [-0.25, -0.2) is 0 Å². The van der Waals surface area contributed by atoms with E-state index in [0.717, 1.165) is 0 Å². The summed E-state index contributed by atoms with van der Waals surface area (Å²) in [7, 11) is 0. The molecule has 2 aromatic carbocycles. The number of nitrogens with two attached hydrogens (primary N) is 1. The third-order valence-corrected chi connectivity index (χ3v) is 3.33. The number of anilines is 1. The van der Waals surface area contributed by atoms with Crippen LogP contribution in [0.1, 0.15) is 26.3 Å². The number of hydrogen-bond acceptors (Lipinski definition) is 3. The van der Waals surface area contributed by atoms with Crippen molar-refractivity contribution in [2.45, 2.75) is 6.92 Å². The smallest absolute Gasteiger partial charge is 0.255 e. The summed E-state index contributed by atoms with van der Waals surface area (Å²) < 4.78 is 5.37. The van der Waals surface area contributed by atoms with Gasteiger partial charge in [0, 0.05) is 16.8 Å². The number of ether oxygens (including phenoxy) is 1. The van der Waals surface area contributed by atoms with E-state index in [1.807, 2.05) is 0 Å². The molecule has 118 valence electrons. The first-order valence-electron chi connectivity index (χ1n) is 7.07. The normalized spacial score (nSPS) is 9.96. The Hall–Kier alpha value is -3.08. The Morgan fingerprint density at radius 2 is 1.91 bits per heavy atom. The van der Waals surface area contributed by atoms with Gasteiger partial charge in [0.25, 0.3) is 5.91 Å². The van der Waals surface area contributed by atoms with E-state index >= 15 is 0 Å². The Kier molecular flexibility index (Phi) is 5.15. The first-order valence-corrected chi connectivity index (χ1v) is 7.07. The molecule has 0 spiro atoms. The maximum atomic E-state index is 12.3. The lowest BCUT2D eigenvalue weighted by atomic mass is 10.1. The summed E-state index contributed by atoms with van der Waals surface area (Å²) in [4.78, 5) is 23.6. The van der Waals surface area contributed by atoms with Gasteiger partial charge in [0.15, 0.2) is 0 Å². The van der Waals surface area contributed by atoms with E-state index in [0.29, 0.717) is 34.7 Å². The Morgan fingerprint density at radius 1 is 1.22 bits per heavy atom. The van der Waals surface area contributed by atoms with Crippen molar-refractivity contribution in [3.05, 3.63) is 71.8 Å². The molecule has 0 unspecified atom stereocenters. The van der Waals surface area contributed by atoms with E-state index in [-0.39, 0.29) is 5.91 Å². The van der Waals surface area contributed by atoms with E-state index in [4.69, 9.17) is 10.5 Å². The van der Waals surface area contributed by atoms with Crippen LogP contribution in [0, 0.1) is 6.92 Å². The van der Waals surface area contributed by atoms with Crippen LogP contribution in [0.25, 0.3) is 0 Å². The molecule has 0 aliphatic carbocycles. The van der Waals surface area contributed by atoms with Gasteiger partial charge in [-0.3, -0.25) is 9.59 Å². The SMILES string of the molecule is C=CCOc1ccc(C(=O)Nc2cccc(C(N)=O)c2C)cc1. The second-order valence-electron chi connectivity index (χ2n) is 4.92. The maximum Gasteiger partial charge on any atom is 0.255 e. The third kappa shape index (κ3) is 3.97. The Morgan fingerprint density at radius 3 is 2.52 bits per heavy atom. The van der Waals surface area contributed by atoms with E-state index < -0.39 is 5.91 Å². The molecule has 2 amide bonds. The molecule has 2 rings (SSSR count). The minimum absolute atomic E-state index is 0.273. The topological polar surface area (TPSA) is 81.4 Å². The summed E-state index contributed by atoms with van der Waals surface area (Å²) in [5, 5.41) is 2.78. The predicted octanol–water partition coefficient (Wildman–Crippen LogP) is 2.91. The van der Waals surface area contributed by atoms with Crippen molar-refractivity contribution in [1.82, 2.24) is 0 Å². The van der Waals surface area contributed by atoms with Gasteiger partial charge in [-0.2, -0.15) is 0 Å². The molecule has 5 nitrogen and oxygen atoms in total. The van der Waals surface area contributed by atoms with Crippen LogP contribution < -0.4 is 15.8 Å². The van der Waals surface area contributed by atoms with E-state index in [9.17, 15) is 9.59 Å². The lowest BCUT2D eigenvalue weighted by molar-refractivity contribution is 0.0995. The van der Waals surface area contributed by atoms with Crippen molar-refractivity contribution in [1.29, 1.82) is 0 Å². The molecule has 0 saturated carbocycles. The largest absolute Gasteiger partial charge is 0.490 e. The Balaban J connectivity index is 2.14. The van der Waals surface area contributed by atoms with Gasteiger partial charge in [-0.15, -0.1) is 0 Å². The first-order chi connectivity index (χ1) is 11.0. The second-order valence-corrected chi connectivity index (χ2v) is 4.92. The van der Waals surface area contributed by atoms with Crippen molar-refractivity contribution in [3.63, 3.8) is 0 Å². The minimum Gasteiger partial charge on any atom is -0.490 e. The summed E-state index contributed by atoms with van der Waals surface area (Å²) in [5.41, 5.74) is 7.37. The lowest BCUT2D eigenvalue weighted by Gasteiger charge is -2.11. The van der Waals surface area contributed by atoms with E-state index in [1.165, 1.54) is 0 Å². The summed E-state index contributed by atoms with van der Waals surface area (Å²) in [5.74, 6) is -0.138. The molecular weight excluding hydrogens is 292 g/mol. The van der Waals surface area contributed by atoms with Gasteiger partial charge in [-0.05, 0) is 48.9 Å². The fourth-order valence-corrected chi connectivity index (χ4v) is 2.09. The highest BCUT2D eigenvalue weighted by molar-refractivity contribution is 6.06. The zero-order valence-electron chi connectivity index (χ0n) is 12.8. The van der Waals surface area contributed by atoms with Crippen molar-refractivity contribution in [2.75, 3.05) is 11.9 Å². The number of hydrogen-bond donors (Lipinski definition) is 2. The Bertz CT molecular complexity index is 736. The molecule has 0 atom stereocenters. The molecule has 5 heteroatoms. The number of rotatable bonds is 6. The molecule has 0 heterocycles.